The zero-order valence-electron chi connectivity index (χ0n) is 17.1. The highest BCUT2D eigenvalue weighted by Crippen LogP contribution is 2.45. The third kappa shape index (κ3) is 5.19. The van der Waals surface area contributed by atoms with Crippen LogP contribution in [0.25, 0.3) is 0 Å². The Labute approximate surface area is 190 Å². The number of hydrogen-bond donors (Lipinski definition) is 3. The van der Waals surface area contributed by atoms with Gasteiger partial charge < -0.3 is 15.7 Å². The maximum atomic E-state index is 12.1. The SMILES string of the molecule is CC(C)(C[C@@H](c1cc(Cl)c(Cl)cc1O)C1CCN(c2ccc(N)cn2)CC1)S(N)=O. The van der Waals surface area contributed by atoms with Crippen molar-refractivity contribution in [3.05, 3.63) is 46.1 Å². The van der Waals surface area contributed by atoms with Crippen LogP contribution in [-0.2, 0) is 11.0 Å². The summed E-state index contributed by atoms with van der Waals surface area (Å²) in [6.45, 7) is 5.43. The molecule has 6 nitrogen and oxygen atoms in total. The fourth-order valence-electron chi connectivity index (χ4n) is 4.11. The predicted molar refractivity (Wildman–Crippen MR) is 125 cm³/mol. The third-order valence-electron chi connectivity index (χ3n) is 5.93. The van der Waals surface area contributed by atoms with E-state index in [0.717, 1.165) is 37.3 Å². The van der Waals surface area contributed by atoms with Gasteiger partial charge in [-0.05, 0) is 68.7 Å². The molecule has 164 valence electrons. The number of piperidine rings is 1. The lowest BCUT2D eigenvalue weighted by Gasteiger charge is -2.39. The first-order valence-corrected chi connectivity index (χ1v) is 11.9. The third-order valence-corrected chi connectivity index (χ3v) is 7.91. The molecule has 9 heteroatoms. The largest absolute Gasteiger partial charge is 0.508 e. The second-order valence-electron chi connectivity index (χ2n) is 8.47. The molecular weight excluding hydrogens is 443 g/mol. The Morgan fingerprint density at radius 1 is 1.27 bits per heavy atom. The molecule has 0 saturated carbocycles. The van der Waals surface area contributed by atoms with Crippen LogP contribution in [0.4, 0.5) is 11.5 Å². The van der Waals surface area contributed by atoms with Crippen LogP contribution >= 0.6 is 23.2 Å². The van der Waals surface area contributed by atoms with Crippen LogP contribution in [0.5, 0.6) is 5.75 Å². The van der Waals surface area contributed by atoms with Crippen molar-refractivity contribution in [2.45, 2.75) is 43.8 Å². The molecule has 0 spiro atoms. The zero-order valence-corrected chi connectivity index (χ0v) is 19.5. The fraction of sp³-hybridized carbons (Fsp3) is 0.476. The average Bonchev–Trinajstić information content (AvgIpc) is 2.70. The first kappa shape index (κ1) is 23.1. The van der Waals surface area contributed by atoms with E-state index in [1.165, 1.54) is 6.07 Å². The molecule has 1 unspecified atom stereocenters. The summed E-state index contributed by atoms with van der Waals surface area (Å²) < 4.78 is 11.5. The number of benzene rings is 1. The van der Waals surface area contributed by atoms with E-state index in [1.54, 1.807) is 12.3 Å². The topological polar surface area (TPSA) is 105 Å². The van der Waals surface area contributed by atoms with Crippen molar-refractivity contribution >= 4 is 45.7 Å². The molecular formula is C21H28Cl2N4O2S. The molecule has 2 aromatic rings. The minimum Gasteiger partial charge on any atom is -0.508 e. The summed E-state index contributed by atoms with van der Waals surface area (Å²) in [6, 6.07) is 6.99. The van der Waals surface area contributed by atoms with Gasteiger partial charge in [0.25, 0.3) is 0 Å². The van der Waals surface area contributed by atoms with E-state index in [2.05, 4.69) is 9.88 Å². The van der Waals surface area contributed by atoms with Crippen LogP contribution in [0.1, 0.15) is 44.6 Å². The maximum Gasteiger partial charge on any atom is 0.128 e. The Morgan fingerprint density at radius 3 is 2.47 bits per heavy atom. The highest BCUT2D eigenvalue weighted by atomic mass is 35.5. The number of phenolic OH excluding ortho intramolecular Hbond substituents is 1. The van der Waals surface area contributed by atoms with Crippen molar-refractivity contribution in [2.24, 2.45) is 11.1 Å². The molecule has 0 amide bonds. The lowest BCUT2D eigenvalue weighted by molar-refractivity contribution is 0.304. The first-order valence-electron chi connectivity index (χ1n) is 9.89. The minimum atomic E-state index is -1.50. The van der Waals surface area contributed by atoms with Crippen molar-refractivity contribution in [3.8, 4) is 5.75 Å². The van der Waals surface area contributed by atoms with Gasteiger partial charge in [0, 0.05) is 19.2 Å². The number of pyridine rings is 1. The van der Waals surface area contributed by atoms with Gasteiger partial charge in [0.2, 0.25) is 0 Å². The van der Waals surface area contributed by atoms with Gasteiger partial charge in [0.15, 0.2) is 0 Å². The Morgan fingerprint density at radius 2 is 1.90 bits per heavy atom. The lowest BCUT2D eigenvalue weighted by atomic mass is 9.75. The van der Waals surface area contributed by atoms with Gasteiger partial charge in [-0.2, -0.15) is 0 Å². The number of aromatic hydroxyl groups is 1. The molecule has 5 N–H and O–H groups in total. The average molecular weight is 471 g/mol. The van der Waals surface area contributed by atoms with E-state index in [4.69, 9.17) is 34.1 Å². The summed E-state index contributed by atoms with van der Waals surface area (Å²) in [6.07, 6.45) is 4.01. The monoisotopic (exact) mass is 470 g/mol. The molecule has 0 bridgehead atoms. The number of aromatic nitrogens is 1. The number of rotatable bonds is 6. The molecule has 1 fully saturated rings. The van der Waals surface area contributed by atoms with Crippen LogP contribution in [-0.4, -0.2) is 32.1 Å². The summed E-state index contributed by atoms with van der Waals surface area (Å²) in [7, 11) is -1.50. The van der Waals surface area contributed by atoms with Gasteiger partial charge in [-0.1, -0.05) is 23.2 Å². The standard InChI is InChI=1S/C21H28Cl2N4O2S/c1-21(2,30(25)29)11-16(15-9-17(22)18(23)10-19(15)28)13-5-7-27(8-6-13)20-4-3-14(24)12-26-20/h3-4,9-10,12-13,16,28H,5-8,11,24-25H2,1-2H3/t16-,30?/m1/s1. The number of nitrogens with zero attached hydrogens (tertiary/aromatic N) is 2. The molecule has 2 heterocycles. The number of halogens is 2. The van der Waals surface area contributed by atoms with E-state index in [9.17, 15) is 9.32 Å². The van der Waals surface area contributed by atoms with Gasteiger partial charge >= 0.3 is 0 Å². The smallest absolute Gasteiger partial charge is 0.128 e. The summed E-state index contributed by atoms with van der Waals surface area (Å²) in [5.41, 5.74) is 7.11. The summed E-state index contributed by atoms with van der Waals surface area (Å²) in [5, 5.41) is 17.1. The fourth-order valence-corrected chi connectivity index (χ4v) is 4.78. The lowest BCUT2D eigenvalue weighted by Crippen LogP contribution is -2.39. The molecule has 1 aliphatic rings. The molecule has 1 saturated heterocycles. The van der Waals surface area contributed by atoms with E-state index in [0.29, 0.717) is 22.2 Å². The molecule has 0 radical (unpaired) electrons. The van der Waals surface area contributed by atoms with Crippen molar-refractivity contribution in [1.29, 1.82) is 0 Å². The molecule has 2 atom stereocenters. The predicted octanol–water partition coefficient (Wildman–Crippen LogP) is 4.47. The molecule has 30 heavy (non-hydrogen) atoms. The highest BCUT2D eigenvalue weighted by molar-refractivity contribution is 7.84. The summed E-state index contributed by atoms with van der Waals surface area (Å²) in [5.74, 6) is 1.22. The quantitative estimate of drug-likeness (QED) is 0.577. The number of hydrogen-bond acceptors (Lipinski definition) is 5. The van der Waals surface area contributed by atoms with Crippen LogP contribution in [0.15, 0.2) is 30.5 Å². The molecule has 1 aromatic carbocycles. The van der Waals surface area contributed by atoms with Crippen LogP contribution in [0, 0.1) is 5.92 Å². The van der Waals surface area contributed by atoms with Gasteiger partial charge in [-0.15, -0.1) is 0 Å². The van der Waals surface area contributed by atoms with Gasteiger partial charge in [0.1, 0.15) is 11.6 Å². The van der Waals surface area contributed by atoms with E-state index in [1.807, 2.05) is 26.0 Å². The molecule has 1 aromatic heterocycles. The zero-order chi connectivity index (χ0) is 22.1. The molecule has 0 aliphatic carbocycles. The van der Waals surface area contributed by atoms with Crippen molar-refractivity contribution in [1.82, 2.24) is 4.98 Å². The van der Waals surface area contributed by atoms with E-state index in [-0.39, 0.29) is 17.6 Å². The Kier molecular flexibility index (Phi) is 7.17. The Balaban J connectivity index is 1.85. The van der Waals surface area contributed by atoms with Gasteiger partial charge in [0.05, 0.1) is 37.7 Å². The van der Waals surface area contributed by atoms with Crippen LogP contribution in [0.3, 0.4) is 0 Å². The molecule has 3 rings (SSSR count). The van der Waals surface area contributed by atoms with Gasteiger partial charge in [-0.3, -0.25) is 5.14 Å². The summed E-state index contributed by atoms with van der Waals surface area (Å²) in [4.78, 5) is 6.65. The van der Waals surface area contributed by atoms with Crippen molar-refractivity contribution < 1.29 is 9.32 Å². The number of nitrogens with two attached hydrogens (primary N) is 2. The van der Waals surface area contributed by atoms with Crippen molar-refractivity contribution in [2.75, 3.05) is 23.7 Å². The van der Waals surface area contributed by atoms with Crippen LogP contribution < -0.4 is 15.8 Å². The minimum absolute atomic E-state index is 0.0520. The summed E-state index contributed by atoms with van der Waals surface area (Å²) >= 11 is 12.3. The van der Waals surface area contributed by atoms with Crippen LogP contribution in [0.2, 0.25) is 10.0 Å². The molecule has 1 aliphatic heterocycles. The second kappa shape index (κ2) is 9.30. The van der Waals surface area contributed by atoms with Crippen molar-refractivity contribution in [3.63, 3.8) is 0 Å². The number of nitrogen functional groups attached to an aromatic ring is 1. The first-order chi connectivity index (χ1) is 14.1. The maximum absolute atomic E-state index is 12.1. The normalized spacial score (nSPS) is 17.7. The Bertz CT molecular complexity index is 916. The second-order valence-corrected chi connectivity index (χ2v) is 11.0. The Hall–Kier alpha value is -1.54. The van der Waals surface area contributed by atoms with E-state index < -0.39 is 15.7 Å². The number of phenols is 1. The number of anilines is 2. The van der Waals surface area contributed by atoms with Gasteiger partial charge in [-0.25, -0.2) is 9.19 Å². The van der Waals surface area contributed by atoms with E-state index >= 15 is 0 Å². The highest BCUT2D eigenvalue weighted by Gasteiger charge is 2.36.